The lowest BCUT2D eigenvalue weighted by Gasteiger charge is -2.09. The van der Waals surface area contributed by atoms with E-state index < -0.39 is 0 Å². The number of ketones is 1. The lowest BCUT2D eigenvalue weighted by Crippen LogP contribution is -2.02. The lowest BCUT2D eigenvalue weighted by atomic mass is 10.0. The Kier molecular flexibility index (Phi) is 4.62. The smallest absolute Gasteiger partial charge is 0.196 e. The molecule has 0 atom stereocenters. The van der Waals surface area contributed by atoms with Crippen molar-refractivity contribution in [1.82, 2.24) is 15.0 Å². The van der Waals surface area contributed by atoms with Crippen molar-refractivity contribution in [1.29, 1.82) is 0 Å². The first-order chi connectivity index (χ1) is 14.5. The van der Waals surface area contributed by atoms with E-state index in [0.717, 1.165) is 5.39 Å². The first-order valence-electron chi connectivity index (χ1n) is 8.69. The Bertz CT molecular complexity index is 1440. The van der Waals surface area contributed by atoms with Gasteiger partial charge in [-0.3, -0.25) is 4.79 Å². The van der Waals surface area contributed by atoms with Crippen LogP contribution in [0.2, 0.25) is 15.4 Å². The van der Waals surface area contributed by atoms with Gasteiger partial charge in [0, 0.05) is 29.3 Å². The fraction of sp³-hybridized carbons (Fsp3) is 0. The number of benzene rings is 2. The van der Waals surface area contributed by atoms with Gasteiger partial charge in [0.25, 0.3) is 0 Å². The maximum Gasteiger partial charge on any atom is 0.196 e. The number of H-pyrrole nitrogens is 1. The van der Waals surface area contributed by atoms with Gasteiger partial charge in [-0.2, -0.15) is 0 Å². The minimum Gasteiger partial charge on any atom is -0.453 e. The molecule has 0 saturated heterocycles. The summed E-state index contributed by atoms with van der Waals surface area (Å²) >= 11 is 18.5. The molecular formula is C21H10Cl3N3O3. The number of nitrogens with zero attached hydrogens (tertiary/aromatic N) is 2. The van der Waals surface area contributed by atoms with Crippen molar-refractivity contribution in [3.8, 4) is 11.5 Å². The summed E-state index contributed by atoms with van der Waals surface area (Å²) in [7, 11) is 0. The number of para-hydroxylation sites is 1. The number of carbonyl (C=O) groups is 1. The van der Waals surface area contributed by atoms with Crippen molar-refractivity contribution in [3.63, 3.8) is 0 Å². The van der Waals surface area contributed by atoms with Gasteiger partial charge < -0.3 is 14.1 Å². The van der Waals surface area contributed by atoms with Crippen LogP contribution in [0, 0.1) is 0 Å². The third kappa shape index (κ3) is 3.19. The number of hydrogen-bond acceptors (Lipinski definition) is 5. The Morgan fingerprint density at radius 1 is 1.03 bits per heavy atom. The van der Waals surface area contributed by atoms with E-state index in [1.54, 1.807) is 30.3 Å². The lowest BCUT2D eigenvalue weighted by molar-refractivity contribution is 0.104. The predicted octanol–water partition coefficient (Wildman–Crippen LogP) is 6.69. The molecule has 0 bridgehead atoms. The van der Waals surface area contributed by atoms with Crippen molar-refractivity contribution in [2.45, 2.75) is 0 Å². The molecule has 0 radical (unpaired) electrons. The zero-order chi connectivity index (χ0) is 20.8. The highest BCUT2D eigenvalue weighted by Gasteiger charge is 2.20. The minimum atomic E-state index is -0.311. The van der Waals surface area contributed by atoms with Crippen molar-refractivity contribution in [3.05, 3.63) is 81.5 Å². The van der Waals surface area contributed by atoms with E-state index in [9.17, 15) is 4.79 Å². The molecule has 0 fully saturated rings. The van der Waals surface area contributed by atoms with Gasteiger partial charge >= 0.3 is 0 Å². The Morgan fingerprint density at radius 3 is 2.73 bits per heavy atom. The van der Waals surface area contributed by atoms with Gasteiger partial charge in [-0.25, -0.2) is 9.97 Å². The summed E-state index contributed by atoms with van der Waals surface area (Å²) in [4.78, 5) is 24.0. The van der Waals surface area contributed by atoms with E-state index in [4.69, 9.17) is 44.0 Å². The van der Waals surface area contributed by atoms with Crippen LogP contribution >= 0.6 is 34.8 Å². The molecule has 30 heavy (non-hydrogen) atoms. The molecule has 9 heteroatoms. The quantitative estimate of drug-likeness (QED) is 0.240. The molecule has 148 valence electrons. The molecule has 1 N–H and O–H groups in total. The molecule has 0 aliphatic rings. The fourth-order valence-corrected chi connectivity index (χ4v) is 3.89. The molecule has 0 amide bonds. The van der Waals surface area contributed by atoms with Gasteiger partial charge in [-0.1, -0.05) is 35.3 Å². The number of aromatic amines is 1. The molecule has 3 heterocycles. The molecule has 0 spiro atoms. The maximum atomic E-state index is 13.1. The normalized spacial score (nSPS) is 11.3. The Labute approximate surface area is 184 Å². The van der Waals surface area contributed by atoms with Gasteiger partial charge in [0.2, 0.25) is 0 Å². The van der Waals surface area contributed by atoms with E-state index >= 15 is 0 Å². The summed E-state index contributed by atoms with van der Waals surface area (Å²) in [6.45, 7) is 0. The van der Waals surface area contributed by atoms with Crippen molar-refractivity contribution in [2.75, 3.05) is 0 Å². The molecule has 6 nitrogen and oxygen atoms in total. The molecule has 5 rings (SSSR count). The van der Waals surface area contributed by atoms with E-state index in [-0.39, 0.29) is 21.2 Å². The number of hydrogen-bond donors (Lipinski definition) is 1. The zero-order valence-corrected chi connectivity index (χ0v) is 17.2. The number of carbonyl (C=O) groups excluding carboxylic acids is 1. The number of halogens is 3. The van der Waals surface area contributed by atoms with Crippen molar-refractivity contribution in [2.24, 2.45) is 0 Å². The van der Waals surface area contributed by atoms with Gasteiger partial charge in [0.15, 0.2) is 22.3 Å². The largest absolute Gasteiger partial charge is 0.453 e. The Hall–Kier alpha value is -3.06. The number of aromatic nitrogens is 3. The fourth-order valence-electron chi connectivity index (χ4n) is 3.20. The number of nitrogens with one attached hydrogen (secondary N) is 1. The third-order valence-electron chi connectivity index (χ3n) is 4.56. The van der Waals surface area contributed by atoms with Gasteiger partial charge in [0.05, 0.1) is 16.0 Å². The van der Waals surface area contributed by atoms with Crippen LogP contribution in [0.5, 0.6) is 11.5 Å². The van der Waals surface area contributed by atoms with Crippen LogP contribution in [0.3, 0.4) is 0 Å². The Morgan fingerprint density at radius 2 is 1.90 bits per heavy atom. The van der Waals surface area contributed by atoms with Crippen LogP contribution in [0.15, 0.2) is 59.4 Å². The standard InChI is InChI=1S/C21H10Cl3N3O3/c22-14-7-11(29-15-3-1-2-10-6-16(23)30-19(10)15)4-5-12(14)18(28)13-8-25-21-17(13)20(24)26-9-27-21/h1-9H,(H,25,26,27). The summed E-state index contributed by atoms with van der Waals surface area (Å²) in [5, 5.41) is 1.94. The van der Waals surface area contributed by atoms with Crippen molar-refractivity contribution >= 4 is 62.6 Å². The molecule has 0 saturated carbocycles. The van der Waals surface area contributed by atoms with Crippen LogP contribution in [-0.2, 0) is 0 Å². The predicted molar refractivity (Wildman–Crippen MR) is 115 cm³/mol. The summed E-state index contributed by atoms with van der Waals surface area (Å²) in [5.41, 5.74) is 1.62. The molecule has 2 aromatic carbocycles. The van der Waals surface area contributed by atoms with Crippen molar-refractivity contribution < 1.29 is 13.9 Å². The van der Waals surface area contributed by atoms with Crippen LogP contribution in [-0.4, -0.2) is 20.7 Å². The highest BCUT2D eigenvalue weighted by atomic mass is 35.5. The average molecular weight is 459 g/mol. The van der Waals surface area contributed by atoms with Crippen LogP contribution in [0.25, 0.3) is 22.0 Å². The third-order valence-corrected chi connectivity index (χ3v) is 5.34. The molecule has 5 aromatic rings. The van der Waals surface area contributed by atoms with E-state index in [1.807, 2.05) is 12.1 Å². The number of rotatable bonds is 4. The molecule has 0 unspecified atom stereocenters. The summed E-state index contributed by atoms with van der Waals surface area (Å²) in [6, 6.07) is 11.9. The maximum absolute atomic E-state index is 13.1. The van der Waals surface area contributed by atoms with Gasteiger partial charge in [0.1, 0.15) is 22.9 Å². The second-order valence-corrected chi connectivity index (χ2v) is 7.53. The molecular weight excluding hydrogens is 449 g/mol. The summed E-state index contributed by atoms with van der Waals surface area (Å²) in [5.74, 6) is 0.612. The summed E-state index contributed by atoms with van der Waals surface area (Å²) in [6.07, 6.45) is 2.86. The second kappa shape index (κ2) is 7.32. The van der Waals surface area contributed by atoms with Crippen LogP contribution in [0.4, 0.5) is 0 Å². The first-order valence-corrected chi connectivity index (χ1v) is 9.82. The SMILES string of the molecule is O=C(c1ccc(Oc2cccc3cc(Cl)oc23)cc1Cl)c1c[nH]c2ncnc(Cl)c12. The van der Waals surface area contributed by atoms with E-state index in [1.165, 1.54) is 12.5 Å². The van der Waals surface area contributed by atoms with Crippen LogP contribution < -0.4 is 4.74 Å². The Balaban J connectivity index is 1.49. The minimum absolute atomic E-state index is 0.186. The highest BCUT2D eigenvalue weighted by Crippen LogP contribution is 2.35. The molecule has 0 aliphatic carbocycles. The second-order valence-electron chi connectivity index (χ2n) is 6.39. The number of ether oxygens (including phenoxy) is 1. The average Bonchev–Trinajstić information content (AvgIpc) is 3.32. The highest BCUT2D eigenvalue weighted by molar-refractivity contribution is 6.38. The van der Waals surface area contributed by atoms with Gasteiger partial charge in [-0.15, -0.1) is 0 Å². The van der Waals surface area contributed by atoms with E-state index in [2.05, 4.69) is 15.0 Å². The van der Waals surface area contributed by atoms with Crippen LogP contribution in [0.1, 0.15) is 15.9 Å². The monoisotopic (exact) mass is 457 g/mol. The topological polar surface area (TPSA) is 81.0 Å². The first kappa shape index (κ1) is 18.9. The molecule has 0 aliphatic heterocycles. The molecule has 3 aromatic heterocycles. The van der Waals surface area contributed by atoms with E-state index in [0.29, 0.717) is 39.2 Å². The zero-order valence-electron chi connectivity index (χ0n) is 14.9. The van der Waals surface area contributed by atoms with Gasteiger partial charge in [-0.05, 0) is 29.8 Å². The summed E-state index contributed by atoms with van der Waals surface area (Å²) < 4.78 is 11.4. The number of furan rings is 1. The number of fused-ring (bicyclic) bond motifs is 2.